The van der Waals surface area contributed by atoms with Crippen molar-refractivity contribution in [3.8, 4) is 11.5 Å². The Bertz CT molecular complexity index is 630. The fourth-order valence-electron chi connectivity index (χ4n) is 2.04. The van der Waals surface area contributed by atoms with Gasteiger partial charge in [0.05, 0.1) is 24.6 Å². The first-order valence-corrected chi connectivity index (χ1v) is 7.96. The quantitative estimate of drug-likeness (QED) is 0.548. The molecule has 0 bridgehead atoms. The highest BCUT2D eigenvalue weighted by atomic mass is 16.6. The second kappa shape index (κ2) is 6.98. The molecule has 6 nitrogen and oxygen atoms in total. The molecule has 2 aliphatic heterocycles. The molecule has 0 aromatic heterocycles. The van der Waals surface area contributed by atoms with E-state index in [-0.39, 0.29) is 12.2 Å². The van der Waals surface area contributed by atoms with Crippen molar-refractivity contribution in [1.82, 2.24) is 0 Å². The van der Waals surface area contributed by atoms with E-state index in [0.717, 1.165) is 36.1 Å². The van der Waals surface area contributed by atoms with Crippen LogP contribution in [0, 0.1) is 0 Å². The van der Waals surface area contributed by atoms with Crippen LogP contribution >= 0.6 is 0 Å². The van der Waals surface area contributed by atoms with Crippen LogP contribution < -0.4 is 9.47 Å². The highest BCUT2D eigenvalue weighted by molar-refractivity contribution is 5.44. The van der Waals surface area contributed by atoms with E-state index < -0.39 is 0 Å². The van der Waals surface area contributed by atoms with Gasteiger partial charge in [0.15, 0.2) is 0 Å². The maximum Gasteiger partial charge on any atom is 0.119 e. The molecule has 4 rings (SSSR count). The van der Waals surface area contributed by atoms with Crippen LogP contribution in [0.15, 0.2) is 58.8 Å². The molecule has 2 saturated heterocycles. The van der Waals surface area contributed by atoms with Crippen molar-refractivity contribution in [2.24, 2.45) is 10.2 Å². The molecule has 2 atom stereocenters. The zero-order valence-corrected chi connectivity index (χ0v) is 13.1. The lowest BCUT2D eigenvalue weighted by Gasteiger charge is -2.04. The van der Waals surface area contributed by atoms with Crippen molar-refractivity contribution >= 4 is 11.4 Å². The lowest BCUT2D eigenvalue weighted by molar-refractivity contribution is 0.263. The van der Waals surface area contributed by atoms with Gasteiger partial charge >= 0.3 is 0 Å². The Morgan fingerprint density at radius 2 is 1.08 bits per heavy atom. The molecule has 0 spiro atoms. The molecule has 0 radical (unpaired) electrons. The minimum atomic E-state index is 0.258. The number of benzene rings is 2. The fraction of sp³-hybridized carbons (Fsp3) is 0.333. The van der Waals surface area contributed by atoms with Crippen LogP contribution in [0.25, 0.3) is 0 Å². The second-order valence-electron chi connectivity index (χ2n) is 5.72. The number of ether oxygens (including phenoxy) is 4. The van der Waals surface area contributed by atoms with Crippen molar-refractivity contribution in [3.05, 3.63) is 48.5 Å². The molecular formula is C18H18N2O4. The summed E-state index contributed by atoms with van der Waals surface area (Å²) >= 11 is 0. The van der Waals surface area contributed by atoms with E-state index in [2.05, 4.69) is 10.2 Å². The molecule has 2 aromatic carbocycles. The van der Waals surface area contributed by atoms with Gasteiger partial charge < -0.3 is 18.9 Å². The third-order valence-corrected chi connectivity index (χ3v) is 3.63. The summed E-state index contributed by atoms with van der Waals surface area (Å²) in [5.41, 5.74) is 1.55. The second-order valence-corrected chi connectivity index (χ2v) is 5.72. The lowest BCUT2D eigenvalue weighted by Crippen LogP contribution is -2.03. The van der Waals surface area contributed by atoms with E-state index in [1.807, 2.05) is 48.5 Å². The van der Waals surface area contributed by atoms with E-state index in [1.165, 1.54) is 0 Å². The van der Waals surface area contributed by atoms with Crippen LogP contribution in [0.5, 0.6) is 11.5 Å². The first-order chi connectivity index (χ1) is 11.8. The summed E-state index contributed by atoms with van der Waals surface area (Å²) in [6.45, 7) is 2.79. The van der Waals surface area contributed by atoms with Gasteiger partial charge in [-0.25, -0.2) is 0 Å². The summed E-state index contributed by atoms with van der Waals surface area (Å²) in [6.07, 6.45) is 0.515. The van der Waals surface area contributed by atoms with E-state index in [4.69, 9.17) is 18.9 Å². The summed E-state index contributed by atoms with van der Waals surface area (Å²) in [4.78, 5) is 0. The summed E-state index contributed by atoms with van der Waals surface area (Å²) in [7, 11) is 0. The lowest BCUT2D eigenvalue weighted by atomic mass is 10.3. The van der Waals surface area contributed by atoms with Crippen LogP contribution in [0.1, 0.15) is 0 Å². The van der Waals surface area contributed by atoms with Gasteiger partial charge in [0, 0.05) is 0 Å². The standard InChI is InChI=1S/C18H18N2O4/c1-5-15(21-9-17-11-23-17)6-2-13(1)19-20-14-3-7-16(8-4-14)22-10-18-12-24-18/h1-8,17-18H,9-12H2. The van der Waals surface area contributed by atoms with Crippen molar-refractivity contribution in [2.75, 3.05) is 26.4 Å². The summed E-state index contributed by atoms with van der Waals surface area (Å²) in [6, 6.07) is 15.0. The maximum absolute atomic E-state index is 5.58. The van der Waals surface area contributed by atoms with Crippen molar-refractivity contribution in [3.63, 3.8) is 0 Å². The minimum absolute atomic E-state index is 0.258. The van der Waals surface area contributed by atoms with Gasteiger partial charge in [0.25, 0.3) is 0 Å². The predicted molar refractivity (Wildman–Crippen MR) is 87.5 cm³/mol. The first-order valence-electron chi connectivity index (χ1n) is 7.96. The molecule has 0 N–H and O–H groups in total. The van der Waals surface area contributed by atoms with Crippen molar-refractivity contribution < 1.29 is 18.9 Å². The average molecular weight is 326 g/mol. The van der Waals surface area contributed by atoms with Crippen LogP contribution in [-0.2, 0) is 9.47 Å². The van der Waals surface area contributed by atoms with Crippen LogP contribution in [0.3, 0.4) is 0 Å². The fourth-order valence-corrected chi connectivity index (χ4v) is 2.04. The zero-order valence-electron chi connectivity index (χ0n) is 13.1. The molecule has 24 heavy (non-hydrogen) atoms. The normalized spacial score (nSPS) is 21.7. The van der Waals surface area contributed by atoms with Gasteiger partial charge in [-0.2, -0.15) is 10.2 Å². The van der Waals surface area contributed by atoms with E-state index >= 15 is 0 Å². The van der Waals surface area contributed by atoms with Gasteiger partial charge in [-0.3, -0.25) is 0 Å². The Balaban J connectivity index is 1.29. The summed E-state index contributed by atoms with van der Waals surface area (Å²) < 4.78 is 21.4. The highest BCUT2D eigenvalue weighted by Gasteiger charge is 2.23. The highest BCUT2D eigenvalue weighted by Crippen LogP contribution is 2.24. The Kier molecular flexibility index (Phi) is 4.40. The van der Waals surface area contributed by atoms with E-state index in [9.17, 15) is 0 Å². The minimum Gasteiger partial charge on any atom is -0.491 e. The van der Waals surface area contributed by atoms with Crippen molar-refractivity contribution in [2.45, 2.75) is 12.2 Å². The zero-order chi connectivity index (χ0) is 16.2. The number of epoxide rings is 2. The Labute approximate surface area is 140 Å². The molecule has 2 unspecified atom stereocenters. The monoisotopic (exact) mass is 326 g/mol. The van der Waals surface area contributed by atoms with Crippen LogP contribution in [0.2, 0.25) is 0 Å². The molecule has 0 saturated carbocycles. The third kappa shape index (κ3) is 4.53. The van der Waals surface area contributed by atoms with Crippen LogP contribution in [-0.4, -0.2) is 38.6 Å². The largest absolute Gasteiger partial charge is 0.491 e. The van der Waals surface area contributed by atoms with Crippen LogP contribution in [0.4, 0.5) is 11.4 Å². The maximum atomic E-state index is 5.58. The summed E-state index contributed by atoms with van der Waals surface area (Å²) in [5, 5.41) is 8.45. The Hall–Kier alpha value is -2.44. The molecule has 2 fully saturated rings. The van der Waals surface area contributed by atoms with E-state index in [1.54, 1.807) is 0 Å². The molecule has 6 heteroatoms. The molecule has 124 valence electrons. The Morgan fingerprint density at radius 1 is 0.708 bits per heavy atom. The number of azo groups is 1. The van der Waals surface area contributed by atoms with E-state index in [0.29, 0.717) is 13.2 Å². The topological polar surface area (TPSA) is 68.2 Å². The average Bonchev–Trinajstić information content (AvgIpc) is 3.53. The Morgan fingerprint density at radius 3 is 1.42 bits per heavy atom. The summed E-state index contributed by atoms with van der Waals surface area (Å²) in [5.74, 6) is 1.62. The molecule has 2 aromatic rings. The van der Waals surface area contributed by atoms with Gasteiger partial charge in [0.2, 0.25) is 0 Å². The van der Waals surface area contributed by atoms with Gasteiger partial charge in [-0.15, -0.1) is 0 Å². The number of hydrogen-bond donors (Lipinski definition) is 0. The smallest absolute Gasteiger partial charge is 0.119 e. The SMILES string of the molecule is c1cc(OCC2CO2)ccc1N=Nc1ccc(OCC2CO2)cc1. The molecule has 2 heterocycles. The number of rotatable bonds is 8. The van der Waals surface area contributed by atoms with Gasteiger partial charge in [0.1, 0.15) is 36.9 Å². The molecular weight excluding hydrogens is 308 g/mol. The number of hydrogen-bond acceptors (Lipinski definition) is 6. The number of nitrogens with zero attached hydrogens (tertiary/aromatic N) is 2. The molecule has 2 aliphatic rings. The van der Waals surface area contributed by atoms with Gasteiger partial charge in [-0.05, 0) is 48.5 Å². The van der Waals surface area contributed by atoms with Gasteiger partial charge in [-0.1, -0.05) is 0 Å². The molecule has 0 amide bonds. The first kappa shape index (κ1) is 15.1. The molecule has 0 aliphatic carbocycles. The predicted octanol–water partition coefficient (Wildman–Crippen LogP) is 3.66. The third-order valence-electron chi connectivity index (χ3n) is 3.63. The van der Waals surface area contributed by atoms with Crippen molar-refractivity contribution in [1.29, 1.82) is 0 Å².